The Labute approximate surface area is 122 Å². The van der Waals surface area contributed by atoms with Crippen molar-refractivity contribution in [2.45, 2.75) is 46.0 Å². The molecule has 4 heteroatoms. The van der Waals surface area contributed by atoms with Crippen molar-refractivity contribution in [1.29, 1.82) is 0 Å². The van der Waals surface area contributed by atoms with Gasteiger partial charge in [-0.25, -0.2) is 0 Å². The van der Waals surface area contributed by atoms with Gasteiger partial charge < -0.3 is 10.6 Å². The Balaban J connectivity index is 0.00000133. The van der Waals surface area contributed by atoms with Gasteiger partial charge in [-0.05, 0) is 61.9 Å². The van der Waals surface area contributed by atoms with E-state index in [0.717, 1.165) is 26.1 Å². The average Bonchev–Trinajstić information content (AvgIpc) is 3.25. The van der Waals surface area contributed by atoms with Crippen molar-refractivity contribution in [3.8, 4) is 0 Å². The van der Waals surface area contributed by atoms with Gasteiger partial charge in [0.15, 0.2) is 0 Å². The standard InChI is InChI=1S/C15H26N2O.ClH/c1-11(2)15(3-4-15)10-17-13(18)12-9-14(12)5-7-16-8-6-14;/h11-12,16H,3-10H2,1-2H3,(H,17,18);1H. The second-order valence-electron chi connectivity index (χ2n) is 7.10. The second kappa shape index (κ2) is 5.25. The summed E-state index contributed by atoms with van der Waals surface area (Å²) in [4.78, 5) is 12.2. The van der Waals surface area contributed by atoms with Crippen LogP contribution in [0.4, 0.5) is 0 Å². The summed E-state index contributed by atoms with van der Waals surface area (Å²) >= 11 is 0. The first-order chi connectivity index (χ1) is 8.58. The molecule has 19 heavy (non-hydrogen) atoms. The molecule has 3 fully saturated rings. The summed E-state index contributed by atoms with van der Waals surface area (Å²) in [5, 5.41) is 6.63. The Bertz CT molecular complexity index is 346. The van der Waals surface area contributed by atoms with Gasteiger partial charge in [-0.15, -0.1) is 12.4 Å². The van der Waals surface area contributed by atoms with Gasteiger partial charge in [0, 0.05) is 12.5 Å². The van der Waals surface area contributed by atoms with Crippen LogP contribution in [0.3, 0.4) is 0 Å². The summed E-state index contributed by atoms with van der Waals surface area (Å²) < 4.78 is 0. The third-order valence-electron chi connectivity index (χ3n) is 5.84. The topological polar surface area (TPSA) is 41.1 Å². The minimum Gasteiger partial charge on any atom is -0.355 e. The van der Waals surface area contributed by atoms with E-state index in [1.807, 2.05) is 0 Å². The molecular formula is C15H27ClN2O. The number of hydrogen-bond donors (Lipinski definition) is 2. The molecule has 1 unspecified atom stereocenters. The maximum Gasteiger partial charge on any atom is 0.223 e. The summed E-state index contributed by atoms with van der Waals surface area (Å²) in [6.45, 7) is 7.67. The van der Waals surface area contributed by atoms with Gasteiger partial charge in [0.1, 0.15) is 0 Å². The van der Waals surface area contributed by atoms with Crippen LogP contribution in [0.2, 0.25) is 0 Å². The lowest BCUT2D eigenvalue weighted by Gasteiger charge is -2.24. The van der Waals surface area contributed by atoms with E-state index >= 15 is 0 Å². The molecule has 0 aromatic carbocycles. The van der Waals surface area contributed by atoms with E-state index in [2.05, 4.69) is 24.5 Å². The quantitative estimate of drug-likeness (QED) is 0.833. The summed E-state index contributed by atoms with van der Waals surface area (Å²) in [5.41, 5.74) is 0.815. The molecule has 3 nitrogen and oxygen atoms in total. The lowest BCUT2D eigenvalue weighted by Crippen LogP contribution is -2.36. The Hall–Kier alpha value is -0.280. The van der Waals surface area contributed by atoms with Crippen molar-refractivity contribution >= 4 is 18.3 Å². The van der Waals surface area contributed by atoms with Gasteiger partial charge >= 0.3 is 0 Å². The van der Waals surface area contributed by atoms with Gasteiger partial charge in [0.05, 0.1) is 0 Å². The molecule has 110 valence electrons. The third kappa shape index (κ3) is 2.78. The minimum atomic E-state index is 0. The molecule has 1 heterocycles. The predicted octanol–water partition coefficient (Wildman–Crippen LogP) is 2.35. The molecule has 0 bridgehead atoms. The van der Waals surface area contributed by atoms with Crippen LogP contribution >= 0.6 is 12.4 Å². The van der Waals surface area contributed by atoms with E-state index in [1.165, 1.54) is 25.7 Å². The van der Waals surface area contributed by atoms with E-state index < -0.39 is 0 Å². The number of amides is 1. The molecule has 2 saturated carbocycles. The van der Waals surface area contributed by atoms with Crippen LogP contribution in [0, 0.1) is 22.7 Å². The molecule has 2 N–H and O–H groups in total. The van der Waals surface area contributed by atoms with Crippen LogP contribution in [0.25, 0.3) is 0 Å². The molecule has 1 atom stereocenters. The van der Waals surface area contributed by atoms with Gasteiger partial charge in [0.25, 0.3) is 0 Å². The first kappa shape index (κ1) is 15.1. The van der Waals surface area contributed by atoms with Gasteiger partial charge in [-0.2, -0.15) is 0 Å². The Morgan fingerprint density at radius 1 is 1.26 bits per heavy atom. The van der Waals surface area contributed by atoms with Crippen LogP contribution in [-0.4, -0.2) is 25.5 Å². The zero-order valence-corrected chi connectivity index (χ0v) is 12.9. The van der Waals surface area contributed by atoms with Gasteiger partial charge in [-0.3, -0.25) is 4.79 Å². The number of rotatable bonds is 4. The van der Waals surface area contributed by atoms with Crippen molar-refractivity contribution in [2.75, 3.05) is 19.6 Å². The third-order valence-corrected chi connectivity index (χ3v) is 5.84. The minimum absolute atomic E-state index is 0. The molecule has 2 aliphatic carbocycles. The smallest absolute Gasteiger partial charge is 0.223 e. The Morgan fingerprint density at radius 2 is 1.89 bits per heavy atom. The maximum atomic E-state index is 12.2. The summed E-state index contributed by atoms with van der Waals surface area (Å²) in [6, 6.07) is 0. The normalized spacial score (nSPS) is 29.7. The highest BCUT2D eigenvalue weighted by Gasteiger charge is 2.58. The van der Waals surface area contributed by atoms with Gasteiger partial charge in [0.2, 0.25) is 5.91 Å². The van der Waals surface area contributed by atoms with Crippen molar-refractivity contribution in [2.24, 2.45) is 22.7 Å². The number of nitrogens with one attached hydrogen (secondary N) is 2. The molecule has 0 aromatic heterocycles. The monoisotopic (exact) mass is 286 g/mol. The highest BCUT2D eigenvalue weighted by Crippen LogP contribution is 2.59. The van der Waals surface area contributed by atoms with Crippen LogP contribution in [0.15, 0.2) is 0 Å². The SMILES string of the molecule is CC(C)C1(CNC(=O)C2CC23CCNCC3)CC1.Cl. The van der Waals surface area contributed by atoms with E-state index in [9.17, 15) is 4.79 Å². The Morgan fingerprint density at radius 3 is 2.42 bits per heavy atom. The summed E-state index contributed by atoms with van der Waals surface area (Å²) in [5.74, 6) is 1.36. The van der Waals surface area contributed by atoms with Crippen LogP contribution in [-0.2, 0) is 4.79 Å². The number of halogens is 1. The summed E-state index contributed by atoms with van der Waals surface area (Å²) in [6.07, 6.45) is 6.12. The van der Waals surface area contributed by atoms with E-state index in [4.69, 9.17) is 0 Å². The molecule has 0 radical (unpaired) electrons. The molecule has 1 amide bonds. The highest BCUT2D eigenvalue weighted by atomic mass is 35.5. The fourth-order valence-electron chi connectivity index (χ4n) is 3.70. The molecule has 1 spiro atoms. The van der Waals surface area contributed by atoms with Crippen molar-refractivity contribution in [3.63, 3.8) is 0 Å². The summed E-state index contributed by atoms with van der Waals surface area (Å²) in [7, 11) is 0. The molecule has 1 aliphatic heterocycles. The van der Waals surface area contributed by atoms with E-state index in [1.54, 1.807) is 0 Å². The highest BCUT2D eigenvalue weighted by molar-refractivity contribution is 5.85. The predicted molar refractivity (Wildman–Crippen MR) is 79.4 cm³/mol. The number of piperidine rings is 1. The zero-order chi connectivity index (χ0) is 12.8. The van der Waals surface area contributed by atoms with Crippen LogP contribution in [0.1, 0.15) is 46.0 Å². The van der Waals surface area contributed by atoms with Gasteiger partial charge in [-0.1, -0.05) is 13.8 Å². The first-order valence-corrected chi connectivity index (χ1v) is 7.57. The van der Waals surface area contributed by atoms with Crippen molar-refractivity contribution in [3.05, 3.63) is 0 Å². The molecule has 3 aliphatic rings. The second-order valence-corrected chi connectivity index (χ2v) is 7.10. The average molecular weight is 287 g/mol. The van der Waals surface area contributed by atoms with Crippen molar-refractivity contribution < 1.29 is 4.79 Å². The van der Waals surface area contributed by atoms with E-state index in [-0.39, 0.29) is 12.4 Å². The molecular weight excluding hydrogens is 260 g/mol. The number of hydrogen-bond acceptors (Lipinski definition) is 2. The number of carbonyl (C=O) groups is 1. The zero-order valence-electron chi connectivity index (χ0n) is 12.1. The maximum absolute atomic E-state index is 12.2. The lowest BCUT2D eigenvalue weighted by atomic mass is 9.91. The van der Waals surface area contributed by atoms with Crippen molar-refractivity contribution in [1.82, 2.24) is 10.6 Å². The van der Waals surface area contributed by atoms with Crippen LogP contribution in [0.5, 0.6) is 0 Å². The fraction of sp³-hybridized carbons (Fsp3) is 0.933. The number of carbonyl (C=O) groups excluding carboxylic acids is 1. The molecule has 0 aromatic rings. The van der Waals surface area contributed by atoms with Crippen LogP contribution < -0.4 is 10.6 Å². The largest absolute Gasteiger partial charge is 0.355 e. The first-order valence-electron chi connectivity index (χ1n) is 7.57. The molecule has 1 saturated heterocycles. The fourth-order valence-corrected chi connectivity index (χ4v) is 3.70. The lowest BCUT2D eigenvalue weighted by molar-refractivity contribution is -0.123. The molecule has 3 rings (SSSR count). The Kier molecular flexibility index (Phi) is 4.18. The van der Waals surface area contributed by atoms with E-state index in [0.29, 0.717) is 28.6 Å².